The second kappa shape index (κ2) is 7.79. The molecule has 84 valence electrons. The van der Waals surface area contributed by atoms with Crippen LogP contribution in [-0.2, 0) is 19.1 Å². The van der Waals surface area contributed by atoms with Crippen molar-refractivity contribution in [3.8, 4) is 0 Å². The van der Waals surface area contributed by atoms with Crippen LogP contribution in [-0.4, -0.2) is 24.6 Å². The summed E-state index contributed by atoms with van der Waals surface area (Å²) in [6.07, 6.45) is 3.32. The Morgan fingerprint density at radius 3 is 2.40 bits per heavy atom. The van der Waals surface area contributed by atoms with Gasteiger partial charge in [-0.2, -0.15) is 0 Å². The van der Waals surface area contributed by atoms with Gasteiger partial charge in [0.2, 0.25) is 0 Å². The molecule has 1 atom stereocenters. The van der Waals surface area contributed by atoms with Gasteiger partial charge in [-0.15, -0.1) is 0 Å². The molecule has 1 unspecified atom stereocenters. The highest BCUT2D eigenvalue weighted by molar-refractivity contribution is 5.81. The average Bonchev–Trinajstić information content (AvgIpc) is 2.23. The minimum absolute atomic E-state index is 0.196. The first-order valence-electron chi connectivity index (χ1n) is 4.72. The fourth-order valence-corrected chi connectivity index (χ4v) is 0.908. The van der Waals surface area contributed by atoms with E-state index in [1.807, 2.05) is 0 Å². The Balaban J connectivity index is 3.50. The van der Waals surface area contributed by atoms with Crippen LogP contribution >= 0.6 is 0 Å². The van der Waals surface area contributed by atoms with Crippen LogP contribution in [0.2, 0.25) is 0 Å². The molecule has 0 aromatic carbocycles. The molecule has 0 aliphatic heterocycles. The van der Waals surface area contributed by atoms with Crippen LogP contribution in [0.4, 0.5) is 0 Å². The molecule has 0 bridgehead atoms. The van der Waals surface area contributed by atoms with Crippen molar-refractivity contribution < 1.29 is 19.1 Å². The Kier molecular flexibility index (Phi) is 6.97. The zero-order chi connectivity index (χ0) is 11.7. The molecule has 0 amide bonds. The third kappa shape index (κ3) is 7.49. The molecule has 0 radical (unpaired) electrons. The number of carbonyl (C=O) groups is 2. The van der Waals surface area contributed by atoms with Crippen molar-refractivity contribution in [3.63, 3.8) is 0 Å². The fourth-order valence-electron chi connectivity index (χ4n) is 0.908. The quantitative estimate of drug-likeness (QED) is 0.365. The first-order valence-corrected chi connectivity index (χ1v) is 4.72. The first kappa shape index (κ1) is 13.4. The van der Waals surface area contributed by atoms with Crippen LogP contribution in [0.5, 0.6) is 0 Å². The molecule has 0 spiro atoms. The zero-order valence-corrected chi connectivity index (χ0v) is 8.90. The average molecular weight is 212 g/mol. The topological polar surface area (TPSA) is 52.6 Å². The van der Waals surface area contributed by atoms with Crippen molar-refractivity contribution in [2.75, 3.05) is 6.61 Å². The maximum Gasteiger partial charge on any atom is 0.330 e. The van der Waals surface area contributed by atoms with Crippen molar-refractivity contribution in [2.45, 2.75) is 25.9 Å². The molecule has 0 saturated carbocycles. The van der Waals surface area contributed by atoms with E-state index in [4.69, 9.17) is 9.47 Å². The Morgan fingerprint density at radius 1 is 1.27 bits per heavy atom. The zero-order valence-electron chi connectivity index (χ0n) is 8.90. The number of rotatable bonds is 7. The van der Waals surface area contributed by atoms with E-state index in [0.29, 0.717) is 19.4 Å². The predicted molar refractivity (Wildman–Crippen MR) is 56.1 cm³/mol. The first-order chi connectivity index (χ1) is 7.10. The maximum atomic E-state index is 10.8. The van der Waals surface area contributed by atoms with Crippen LogP contribution in [0, 0.1) is 0 Å². The highest BCUT2D eigenvalue weighted by Crippen LogP contribution is 2.02. The Hall–Kier alpha value is -1.58. The van der Waals surface area contributed by atoms with Crippen molar-refractivity contribution >= 4 is 11.9 Å². The summed E-state index contributed by atoms with van der Waals surface area (Å²) >= 11 is 0. The normalized spacial score (nSPS) is 11.3. The van der Waals surface area contributed by atoms with Crippen molar-refractivity contribution in [1.82, 2.24) is 0 Å². The summed E-state index contributed by atoms with van der Waals surface area (Å²) in [6, 6.07) is 0. The van der Waals surface area contributed by atoms with E-state index in [-0.39, 0.29) is 6.10 Å². The van der Waals surface area contributed by atoms with Gasteiger partial charge < -0.3 is 9.47 Å². The fraction of sp³-hybridized carbons (Fsp3) is 0.455. The Labute approximate surface area is 89.6 Å². The number of ether oxygens (including phenoxy) is 2. The molecule has 0 aliphatic carbocycles. The minimum atomic E-state index is -0.439. The van der Waals surface area contributed by atoms with Gasteiger partial charge in [-0.3, -0.25) is 0 Å². The SMILES string of the molecule is C=CC(=O)OCCCC(C)OC(=O)C=C. The third-order valence-corrected chi connectivity index (χ3v) is 1.65. The Morgan fingerprint density at radius 2 is 1.87 bits per heavy atom. The lowest BCUT2D eigenvalue weighted by atomic mass is 10.2. The van der Waals surface area contributed by atoms with E-state index in [1.54, 1.807) is 6.92 Å². The molecule has 0 heterocycles. The summed E-state index contributed by atoms with van der Waals surface area (Å²) in [5, 5.41) is 0. The van der Waals surface area contributed by atoms with E-state index in [2.05, 4.69) is 13.2 Å². The van der Waals surface area contributed by atoms with Gasteiger partial charge in [-0.05, 0) is 19.8 Å². The maximum absolute atomic E-state index is 10.8. The van der Waals surface area contributed by atoms with E-state index < -0.39 is 11.9 Å². The molecule has 0 aliphatic rings. The monoisotopic (exact) mass is 212 g/mol. The van der Waals surface area contributed by atoms with Crippen molar-refractivity contribution in [2.24, 2.45) is 0 Å². The van der Waals surface area contributed by atoms with Crippen molar-refractivity contribution in [1.29, 1.82) is 0 Å². The van der Waals surface area contributed by atoms with Crippen LogP contribution in [0.3, 0.4) is 0 Å². The number of carbonyl (C=O) groups excluding carboxylic acids is 2. The highest BCUT2D eigenvalue weighted by Gasteiger charge is 2.06. The predicted octanol–water partition coefficient (Wildman–Crippen LogP) is 1.61. The molecular formula is C11H16O4. The summed E-state index contributed by atoms with van der Waals surface area (Å²) in [4.78, 5) is 21.4. The molecule has 0 aromatic rings. The molecular weight excluding hydrogens is 196 g/mol. The second-order valence-electron chi connectivity index (χ2n) is 2.97. The Bertz CT molecular complexity index is 245. The standard InChI is InChI=1S/C11H16O4/c1-4-10(12)14-8-6-7-9(3)15-11(13)5-2/h4-5,9H,1-2,6-8H2,3H3. The van der Waals surface area contributed by atoms with E-state index >= 15 is 0 Å². The van der Waals surface area contributed by atoms with E-state index in [1.165, 1.54) is 0 Å². The van der Waals surface area contributed by atoms with Gasteiger partial charge in [0.15, 0.2) is 0 Å². The largest absolute Gasteiger partial charge is 0.463 e. The lowest BCUT2D eigenvalue weighted by Crippen LogP contribution is -2.14. The summed E-state index contributed by atoms with van der Waals surface area (Å²) in [5.41, 5.74) is 0. The highest BCUT2D eigenvalue weighted by atomic mass is 16.5. The second-order valence-corrected chi connectivity index (χ2v) is 2.97. The summed E-state index contributed by atoms with van der Waals surface area (Å²) in [5.74, 6) is -0.878. The van der Waals surface area contributed by atoms with Crippen LogP contribution in [0.25, 0.3) is 0 Å². The molecule has 0 fully saturated rings. The molecule has 0 rings (SSSR count). The molecule has 0 aromatic heterocycles. The van der Waals surface area contributed by atoms with Crippen LogP contribution in [0.15, 0.2) is 25.3 Å². The van der Waals surface area contributed by atoms with Crippen molar-refractivity contribution in [3.05, 3.63) is 25.3 Å². The van der Waals surface area contributed by atoms with E-state index in [9.17, 15) is 9.59 Å². The lowest BCUT2D eigenvalue weighted by molar-refractivity contribution is -0.143. The molecule has 4 nitrogen and oxygen atoms in total. The molecule has 4 heteroatoms. The van der Waals surface area contributed by atoms with Crippen LogP contribution < -0.4 is 0 Å². The number of hydrogen-bond donors (Lipinski definition) is 0. The van der Waals surface area contributed by atoms with Gasteiger partial charge in [0.1, 0.15) is 0 Å². The number of esters is 2. The van der Waals surface area contributed by atoms with Gasteiger partial charge in [0, 0.05) is 12.2 Å². The van der Waals surface area contributed by atoms with Gasteiger partial charge in [-0.25, -0.2) is 9.59 Å². The molecule has 0 saturated heterocycles. The molecule has 15 heavy (non-hydrogen) atoms. The van der Waals surface area contributed by atoms with Gasteiger partial charge in [0.25, 0.3) is 0 Å². The minimum Gasteiger partial charge on any atom is -0.463 e. The van der Waals surface area contributed by atoms with Gasteiger partial charge in [0.05, 0.1) is 12.7 Å². The lowest BCUT2D eigenvalue weighted by Gasteiger charge is -2.11. The third-order valence-electron chi connectivity index (χ3n) is 1.65. The van der Waals surface area contributed by atoms with Crippen LogP contribution in [0.1, 0.15) is 19.8 Å². The van der Waals surface area contributed by atoms with Gasteiger partial charge >= 0.3 is 11.9 Å². The van der Waals surface area contributed by atoms with Gasteiger partial charge in [-0.1, -0.05) is 13.2 Å². The molecule has 0 N–H and O–H groups in total. The summed E-state index contributed by atoms with van der Waals surface area (Å²) in [7, 11) is 0. The summed E-state index contributed by atoms with van der Waals surface area (Å²) in [6.45, 7) is 8.64. The van der Waals surface area contributed by atoms with E-state index in [0.717, 1.165) is 12.2 Å². The summed E-state index contributed by atoms with van der Waals surface area (Å²) < 4.78 is 9.67. The smallest absolute Gasteiger partial charge is 0.330 e. The number of hydrogen-bond acceptors (Lipinski definition) is 4.